The highest BCUT2D eigenvalue weighted by Crippen LogP contribution is 2.37. The fourth-order valence-electron chi connectivity index (χ4n) is 4.28. The van der Waals surface area contributed by atoms with E-state index in [1.54, 1.807) is 19.9 Å². The summed E-state index contributed by atoms with van der Waals surface area (Å²) < 4.78 is 11.3. The maximum absolute atomic E-state index is 12.9. The second-order valence-corrected chi connectivity index (χ2v) is 9.04. The van der Waals surface area contributed by atoms with Crippen LogP contribution in [-0.2, 0) is 23.9 Å². The highest BCUT2D eigenvalue weighted by atomic mass is 16.6. The molecule has 0 amide bonds. The van der Waals surface area contributed by atoms with Gasteiger partial charge in [-0.15, -0.1) is 0 Å². The number of carboxylic acids is 1. The molecule has 5 atom stereocenters. The number of hydrogen-bond acceptors (Lipinski definition) is 8. The minimum absolute atomic E-state index is 0.0230. The Bertz CT molecular complexity index is 815. The van der Waals surface area contributed by atoms with Gasteiger partial charge in [0.15, 0.2) is 0 Å². The largest absolute Gasteiger partial charge is 0.480 e. The molecule has 0 unspecified atom stereocenters. The first kappa shape index (κ1) is 26.8. The van der Waals surface area contributed by atoms with E-state index in [2.05, 4.69) is 11.9 Å². The van der Waals surface area contributed by atoms with Crippen molar-refractivity contribution in [1.29, 1.82) is 0 Å². The van der Waals surface area contributed by atoms with Crippen LogP contribution < -0.4 is 5.32 Å². The summed E-state index contributed by atoms with van der Waals surface area (Å²) in [5, 5.41) is 31.5. The van der Waals surface area contributed by atoms with Gasteiger partial charge in [0.2, 0.25) is 0 Å². The number of aliphatic carboxylic acids is 1. The molecule has 9 nitrogen and oxygen atoms in total. The van der Waals surface area contributed by atoms with Gasteiger partial charge in [0.1, 0.15) is 18.2 Å². The molecule has 33 heavy (non-hydrogen) atoms. The van der Waals surface area contributed by atoms with Gasteiger partial charge in [-0.1, -0.05) is 32.1 Å². The van der Waals surface area contributed by atoms with E-state index >= 15 is 0 Å². The van der Waals surface area contributed by atoms with Gasteiger partial charge in [0.05, 0.1) is 30.6 Å². The molecule has 9 heteroatoms. The van der Waals surface area contributed by atoms with Gasteiger partial charge in [-0.05, 0) is 37.3 Å². The first-order chi connectivity index (χ1) is 15.6. The molecule has 1 saturated heterocycles. The average Bonchev–Trinajstić information content (AvgIpc) is 3.05. The summed E-state index contributed by atoms with van der Waals surface area (Å²) in [6, 6.07) is -0.864. The quantitative estimate of drug-likeness (QED) is 0.225. The van der Waals surface area contributed by atoms with Crippen LogP contribution in [0.25, 0.3) is 0 Å². The molecule has 1 heterocycles. The zero-order valence-electron chi connectivity index (χ0n) is 19.5. The molecule has 1 aliphatic heterocycles. The molecule has 0 aromatic carbocycles. The lowest BCUT2D eigenvalue weighted by Crippen LogP contribution is -2.47. The molecule has 4 N–H and O–H groups in total. The highest BCUT2D eigenvalue weighted by molar-refractivity contribution is 5.88. The van der Waals surface area contributed by atoms with Gasteiger partial charge >= 0.3 is 17.9 Å². The number of ether oxygens (including phenoxy) is 2. The Kier molecular flexibility index (Phi) is 9.82. The zero-order chi connectivity index (χ0) is 24.7. The summed E-state index contributed by atoms with van der Waals surface area (Å²) in [6.45, 7) is 8.21. The molecule has 0 saturated carbocycles. The summed E-state index contributed by atoms with van der Waals surface area (Å²) in [7, 11) is 0. The van der Waals surface area contributed by atoms with E-state index in [-0.39, 0.29) is 24.6 Å². The third-order valence-corrected chi connectivity index (χ3v) is 6.14. The topological polar surface area (TPSA) is 142 Å². The van der Waals surface area contributed by atoms with Crippen LogP contribution in [0, 0.1) is 17.8 Å². The minimum atomic E-state index is -1.03. The normalized spacial score (nSPS) is 29.7. The van der Waals surface area contributed by atoms with Crippen molar-refractivity contribution in [3.8, 4) is 0 Å². The summed E-state index contributed by atoms with van der Waals surface area (Å²) in [4.78, 5) is 37.0. The van der Waals surface area contributed by atoms with E-state index in [1.807, 2.05) is 13.0 Å². The lowest BCUT2D eigenvalue weighted by atomic mass is 9.81. The van der Waals surface area contributed by atoms with E-state index in [0.29, 0.717) is 24.8 Å². The Hall–Kier alpha value is -2.49. The average molecular weight is 466 g/mol. The van der Waals surface area contributed by atoms with Crippen LogP contribution in [0.2, 0.25) is 0 Å². The van der Waals surface area contributed by atoms with E-state index in [9.17, 15) is 29.7 Å². The summed E-state index contributed by atoms with van der Waals surface area (Å²) >= 11 is 0. The van der Waals surface area contributed by atoms with Gasteiger partial charge in [-0.3, -0.25) is 9.59 Å². The Labute approximate surface area is 194 Å². The summed E-state index contributed by atoms with van der Waals surface area (Å²) in [5.41, 5.74) is 1.53. The standard InChI is InChI=1S/C24H35NO8/c1-13(2)21(22(28)29)25-10-17-20-18(32-23(30)15(4)11-26)8-14(3)6-5-7-16(12-27)9-19(20)33-24(17)31/h6,9,13,17-21,25-27H,4-5,7-8,10-12H2,1-3H3,(H,28,29)/b14-6+,16-9-/t17-,18-,19+,20+,21+/m0/s1. The molecular formula is C24H35NO8. The van der Waals surface area contributed by atoms with Gasteiger partial charge in [0.25, 0.3) is 0 Å². The molecule has 184 valence electrons. The number of aliphatic hydroxyl groups excluding tert-OH is 2. The van der Waals surface area contributed by atoms with Crippen molar-refractivity contribution in [3.05, 3.63) is 35.5 Å². The van der Waals surface area contributed by atoms with Crippen LogP contribution in [0.3, 0.4) is 0 Å². The number of carbonyl (C=O) groups is 3. The van der Waals surface area contributed by atoms with Crippen LogP contribution in [-0.4, -0.2) is 71.2 Å². The number of esters is 2. The van der Waals surface area contributed by atoms with Crippen LogP contribution in [0.15, 0.2) is 35.5 Å². The van der Waals surface area contributed by atoms with Gasteiger partial charge in [-0.25, -0.2) is 4.79 Å². The minimum Gasteiger partial charge on any atom is -0.480 e. The number of carbonyl (C=O) groups excluding carboxylic acids is 2. The molecule has 0 aromatic heterocycles. The molecule has 2 aliphatic rings. The predicted molar refractivity (Wildman–Crippen MR) is 120 cm³/mol. The second kappa shape index (κ2) is 12.1. The molecule has 2 rings (SSSR count). The highest BCUT2D eigenvalue weighted by Gasteiger charge is 2.49. The molecule has 0 aromatic rings. The summed E-state index contributed by atoms with van der Waals surface area (Å²) in [5.74, 6) is -3.94. The van der Waals surface area contributed by atoms with Crippen LogP contribution in [0.5, 0.6) is 0 Å². The maximum atomic E-state index is 12.9. The Morgan fingerprint density at radius 2 is 2.03 bits per heavy atom. The Balaban J connectivity index is 2.43. The first-order valence-corrected chi connectivity index (χ1v) is 11.2. The third-order valence-electron chi connectivity index (χ3n) is 6.14. The van der Waals surface area contributed by atoms with Crippen molar-refractivity contribution in [2.24, 2.45) is 17.8 Å². The molecule has 1 fully saturated rings. The van der Waals surface area contributed by atoms with Gasteiger partial charge in [-0.2, -0.15) is 0 Å². The lowest BCUT2D eigenvalue weighted by Gasteiger charge is -2.31. The van der Waals surface area contributed by atoms with Crippen LogP contribution in [0.1, 0.15) is 40.0 Å². The van der Waals surface area contributed by atoms with Crippen molar-refractivity contribution in [3.63, 3.8) is 0 Å². The van der Waals surface area contributed by atoms with E-state index in [0.717, 1.165) is 5.57 Å². The van der Waals surface area contributed by atoms with Crippen molar-refractivity contribution < 1.29 is 39.2 Å². The van der Waals surface area contributed by atoms with Crippen molar-refractivity contribution >= 4 is 17.9 Å². The van der Waals surface area contributed by atoms with E-state index < -0.39 is 54.6 Å². The number of allylic oxidation sites excluding steroid dienone is 1. The number of fused-ring (bicyclic) bond motifs is 1. The number of rotatable bonds is 9. The first-order valence-electron chi connectivity index (χ1n) is 11.2. The van der Waals surface area contributed by atoms with Crippen LogP contribution >= 0.6 is 0 Å². The Morgan fingerprint density at radius 3 is 2.61 bits per heavy atom. The van der Waals surface area contributed by atoms with E-state index in [4.69, 9.17) is 9.47 Å². The predicted octanol–water partition coefficient (Wildman–Crippen LogP) is 1.35. The number of carboxylic acid groups (broad SMARTS) is 1. The SMILES string of the molecule is C=C(CO)C(=O)O[C@H]1C/C(C)=C/CC/C(CO)=C/[C@H]2OC(=O)[C@@H](CN[C@@H](C(=O)O)C(C)C)[C@H]12. The molecule has 0 spiro atoms. The smallest absolute Gasteiger partial charge is 0.336 e. The number of nitrogens with one attached hydrogen (secondary N) is 1. The van der Waals surface area contributed by atoms with Gasteiger partial charge in [0, 0.05) is 13.0 Å². The monoisotopic (exact) mass is 465 g/mol. The van der Waals surface area contributed by atoms with Crippen molar-refractivity contribution in [2.45, 2.75) is 58.3 Å². The third kappa shape index (κ3) is 6.99. The van der Waals surface area contributed by atoms with Gasteiger partial charge < -0.3 is 30.1 Å². The fourth-order valence-corrected chi connectivity index (χ4v) is 4.28. The van der Waals surface area contributed by atoms with Crippen molar-refractivity contribution in [2.75, 3.05) is 19.8 Å². The number of aliphatic hydroxyl groups is 2. The maximum Gasteiger partial charge on any atom is 0.336 e. The van der Waals surface area contributed by atoms with Crippen LogP contribution in [0.4, 0.5) is 0 Å². The lowest BCUT2D eigenvalue weighted by molar-refractivity contribution is -0.149. The molecular weight excluding hydrogens is 430 g/mol. The number of hydrogen-bond donors (Lipinski definition) is 4. The molecule has 1 aliphatic carbocycles. The fraction of sp³-hybridized carbons (Fsp3) is 0.625. The van der Waals surface area contributed by atoms with Crippen molar-refractivity contribution in [1.82, 2.24) is 5.32 Å². The second-order valence-electron chi connectivity index (χ2n) is 9.04. The zero-order valence-corrected chi connectivity index (χ0v) is 19.5. The van der Waals surface area contributed by atoms with E-state index in [1.165, 1.54) is 0 Å². The Morgan fingerprint density at radius 1 is 1.33 bits per heavy atom. The summed E-state index contributed by atoms with van der Waals surface area (Å²) in [6.07, 6.45) is 3.78. The molecule has 0 radical (unpaired) electrons. The molecule has 0 bridgehead atoms.